The molecule has 1 aromatic heterocycles. The molecule has 0 saturated carbocycles. The number of hydrogen-bond acceptors (Lipinski definition) is 22. The van der Waals surface area contributed by atoms with E-state index in [0.717, 1.165) is 22.9 Å². The van der Waals surface area contributed by atoms with Gasteiger partial charge in [-0.1, -0.05) is 12.8 Å². The minimum Gasteiger partial charge on any atom is -0.394 e. The highest BCUT2D eigenvalue weighted by Crippen LogP contribution is 2.66. The van der Waals surface area contributed by atoms with Crippen molar-refractivity contribution in [3.05, 3.63) is 38.7 Å². The predicted octanol–water partition coefficient (Wildman–Crippen LogP) is -5.14. The van der Waals surface area contributed by atoms with Crippen molar-refractivity contribution in [1.29, 1.82) is 0 Å². The Balaban J connectivity index is 1.17. The van der Waals surface area contributed by atoms with Crippen molar-refractivity contribution < 1.29 is 116 Å². The van der Waals surface area contributed by atoms with Crippen LogP contribution in [0.1, 0.15) is 43.9 Å². The molecule has 29 nitrogen and oxygen atoms in total. The van der Waals surface area contributed by atoms with Gasteiger partial charge >= 0.3 is 29.2 Å². The van der Waals surface area contributed by atoms with Crippen molar-refractivity contribution >= 4 is 35.5 Å². The second-order valence-corrected chi connectivity index (χ2v) is 18.4. The number of rotatable bonds is 22. The van der Waals surface area contributed by atoms with E-state index in [-0.39, 0.29) is 25.1 Å². The summed E-state index contributed by atoms with van der Waals surface area (Å²) in [5.41, 5.74) is -2.10. The van der Waals surface area contributed by atoms with Crippen LogP contribution in [0.2, 0.25) is 0 Å². The number of ether oxygens (including phenoxy) is 5. The average Bonchev–Trinajstić information content (AvgIpc) is 3.55. The molecule has 3 aliphatic rings. The Morgan fingerprint density at radius 3 is 2.11 bits per heavy atom. The van der Waals surface area contributed by atoms with Crippen LogP contribution in [0.5, 0.6) is 0 Å². The molecule has 2 unspecified atom stereocenters. The average molecular weight is 962 g/mol. The summed E-state index contributed by atoms with van der Waals surface area (Å²) in [5, 5.41) is 83.8. The number of nitrogens with one attached hydrogen (secondary N) is 2. The third-order valence-electron chi connectivity index (χ3n) is 9.35. The third-order valence-corrected chi connectivity index (χ3v) is 13.2. The number of hydrogen-bond donors (Lipinski definition) is 14. The minimum absolute atomic E-state index is 0.0458. The van der Waals surface area contributed by atoms with Gasteiger partial charge in [0.15, 0.2) is 12.6 Å². The SMILES string of the molecule is O=C(/C=C/c1cn([C@H]2C[C@H](O)[C@@H](COP(=O)(O)OP(=O)(O)OP(=O)(O)O)O2)c(=O)[nH]c1=O)NCCCCCCO[C@@H]1O[C@H](CO)[C@@H](O[C@H]2O[C@H](CO)[C@@H](O)[C@H](O)[C@H]2O)[C@H](O)[C@H]1O. The van der Waals surface area contributed by atoms with E-state index in [0.29, 0.717) is 25.7 Å². The Labute approximate surface area is 349 Å². The van der Waals surface area contributed by atoms with Crippen LogP contribution in [-0.2, 0) is 55.3 Å². The number of amides is 1. The minimum atomic E-state index is -5.80. The molecular weight excluding hydrogens is 911 g/mol. The number of carbonyl (C=O) groups excluding carboxylic acids is 1. The maximum atomic E-state index is 12.5. The molecule has 0 aliphatic carbocycles. The smallest absolute Gasteiger partial charge is 0.394 e. The van der Waals surface area contributed by atoms with Gasteiger partial charge in [-0.2, -0.15) is 8.62 Å². The highest BCUT2D eigenvalue weighted by Gasteiger charge is 2.51. The summed E-state index contributed by atoms with van der Waals surface area (Å²) < 4.78 is 74.2. The van der Waals surface area contributed by atoms with Gasteiger partial charge in [0.25, 0.3) is 5.56 Å². The zero-order valence-electron chi connectivity index (χ0n) is 32.2. The Morgan fingerprint density at radius 2 is 1.45 bits per heavy atom. The predicted molar refractivity (Wildman–Crippen MR) is 199 cm³/mol. The number of nitrogens with zero attached hydrogens (tertiary/aromatic N) is 1. The summed E-state index contributed by atoms with van der Waals surface area (Å²) >= 11 is 0. The maximum absolute atomic E-state index is 12.5. The van der Waals surface area contributed by atoms with Gasteiger partial charge in [0.05, 0.1) is 31.5 Å². The van der Waals surface area contributed by atoms with Gasteiger partial charge in [-0.05, 0) is 18.9 Å². The van der Waals surface area contributed by atoms with E-state index in [4.69, 9.17) is 33.5 Å². The normalized spacial score (nSPS) is 33.9. The standard InChI is InChI=1S/C30H50N3O26P3/c34-11-16-21(38)22(39)24(41)29(55-16)57-26-17(12-35)56-28(25(42)23(26)40)52-8-4-2-1-3-7-31-19(37)6-5-14-10-33(30(44)32-27(14)43)20-9-15(36)18(54-20)13-53-61(48,49)59-62(50,51)58-60(45,46)47/h5-6,10,15-18,20-26,28-29,34-36,38-42H,1-4,7-9,11-13H2,(H,31,37)(H,48,49)(H,50,51)(H,32,43,44)(H2,45,46,47)/b6-5+/t15-,16+,17+,18+,20+,21+,22-,23+,24+,25+,26+,28+,29+/m0/s1. The molecule has 3 saturated heterocycles. The lowest BCUT2D eigenvalue weighted by Gasteiger charge is -2.45. The molecule has 0 radical (unpaired) electrons. The lowest BCUT2D eigenvalue weighted by atomic mass is 9.97. The fourth-order valence-electron chi connectivity index (χ4n) is 6.25. The Kier molecular flexibility index (Phi) is 19.3. The fraction of sp³-hybridized carbons (Fsp3) is 0.767. The maximum Gasteiger partial charge on any atom is 0.490 e. The van der Waals surface area contributed by atoms with Crippen molar-refractivity contribution in [3.8, 4) is 0 Å². The number of phosphoric ester groups is 1. The van der Waals surface area contributed by atoms with Gasteiger partial charge in [0, 0.05) is 31.8 Å². The summed E-state index contributed by atoms with van der Waals surface area (Å²) in [4.78, 5) is 75.5. The van der Waals surface area contributed by atoms with E-state index >= 15 is 0 Å². The third kappa shape index (κ3) is 14.9. The first-order valence-electron chi connectivity index (χ1n) is 18.6. The molecule has 0 spiro atoms. The number of aromatic amines is 1. The lowest BCUT2D eigenvalue weighted by molar-refractivity contribution is -0.359. The molecule has 62 heavy (non-hydrogen) atoms. The number of aromatic nitrogens is 2. The van der Waals surface area contributed by atoms with E-state index in [1.807, 2.05) is 4.98 Å². The molecule has 32 heteroatoms. The first-order chi connectivity index (χ1) is 29.0. The van der Waals surface area contributed by atoms with E-state index in [9.17, 15) is 78.7 Å². The van der Waals surface area contributed by atoms with Crippen LogP contribution >= 0.6 is 23.5 Å². The van der Waals surface area contributed by atoms with Crippen LogP contribution < -0.4 is 16.6 Å². The summed E-state index contributed by atoms with van der Waals surface area (Å²) in [7, 11) is -17.0. The Morgan fingerprint density at radius 1 is 0.806 bits per heavy atom. The monoisotopic (exact) mass is 961 g/mol. The number of H-pyrrole nitrogens is 1. The Hall–Kier alpha value is -2.22. The molecule has 356 valence electrons. The summed E-state index contributed by atoms with van der Waals surface area (Å²) in [6.45, 7) is -2.21. The van der Waals surface area contributed by atoms with E-state index in [1.165, 1.54) is 0 Å². The number of carbonyl (C=O) groups is 1. The zero-order valence-corrected chi connectivity index (χ0v) is 34.9. The van der Waals surface area contributed by atoms with E-state index < -0.39 is 140 Å². The van der Waals surface area contributed by atoms with Gasteiger partial charge in [-0.15, -0.1) is 0 Å². The van der Waals surface area contributed by atoms with Crippen LogP contribution in [0.4, 0.5) is 0 Å². The number of aliphatic hydroxyl groups is 8. The second-order valence-electron chi connectivity index (χ2n) is 14.0. The molecule has 0 bridgehead atoms. The topological polar surface area (TPSA) is 452 Å². The molecule has 15 atom stereocenters. The number of unbranched alkanes of at least 4 members (excludes halogenated alkanes) is 3. The van der Waals surface area contributed by atoms with Crippen molar-refractivity contribution in [2.45, 2.75) is 112 Å². The molecule has 3 aliphatic heterocycles. The molecule has 4 heterocycles. The van der Waals surface area contributed by atoms with Gasteiger partial charge in [0.1, 0.15) is 61.2 Å². The summed E-state index contributed by atoms with van der Waals surface area (Å²) in [6.07, 6.45) is -15.2. The lowest BCUT2D eigenvalue weighted by Crippen LogP contribution is -2.64. The second kappa shape index (κ2) is 22.8. The first-order valence-corrected chi connectivity index (χ1v) is 23.1. The van der Waals surface area contributed by atoms with Crippen molar-refractivity contribution in [2.75, 3.05) is 33.0 Å². The van der Waals surface area contributed by atoms with E-state index in [1.54, 1.807) is 0 Å². The van der Waals surface area contributed by atoms with Crippen LogP contribution in [0.3, 0.4) is 0 Å². The quantitative estimate of drug-likeness (QED) is 0.0293. The summed E-state index contributed by atoms with van der Waals surface area (Å²) in [5.74, 6) is -0.612. The highest BCUT2D eigenvalue weighted by molar-refractivity contribution is 7.66. The number of aliphatic hydroxyl groups excluding tert-OH is 8. The highest BCUT2D eigenvalue weighted by atomic mass is 31.3. The van der Waals surface area contributed by atoms with Crippen molar-refractivity contribution in [2.24, 2.45) is 0 Å². The first kappa shape index (κ1) is 52.4. The van der Waals surface area contributed by atoms with Crippen LogP contribution in [0, 0.1) is 0 Å². The van der Waals surface area contributed by atoms with E-state index in [2.05, 4.69) is 18.5 Å². The molecule has 1 aromatic rings. The van der Waals surface area contributed by atoms with Gasteiger partial charge in [-0.3, -0.25) is 23.7 Å². The molecule has 14 N–H and O–H groups in total. The van der Waals surface area contributed by atoms with Crippen molar-refractivity contribution in [3.63, 3.8) is 0 Å². The summed E-state index contributed by atoms with van der Waals surface area (Å²) in [6, 6.07) is 0. The van der Waals surface area contributed by atoms with Crippen molar-refractivity contribution in [1.82, 2.24) is 14.9 Å². The molecule has 3 fully saturated rings. The van der Waals surface area contributed by atoms with Crippen LogP contribution in [0.25, 0.3) is 6.08 Å². The molecule has 1 amide bonds. The Bertz CT molecular complexity index is 1930. The van der Waals surface area contributed by atoms with Crippen LogP contribution in [0.15, 0.2) is 21.9 Å². The zero-order chi connectivity index (χ0) is 46.2. The van der Waals surface area contributed by atoms with Crippen LogP contribution in [-0.4, -0.2) is 182 Å². The van der Waals surface area contributed by atoms with Gasteiger partial charge in [0.2, 0.25) is 5.91 Å². The largest absolute Gasteiger partial charge is 0.490 e. The number of phosphoric acid groups is 3. The molecular formula is C30H50N3O26P3. The molecule has 4 rings (SSSR count). The van der Waals surface area contributed by atoms with Gasteiger partial charge in [-0.25, -0.2) is 18.5 Å². The molecule has 0 aromatic carbocycles. The van der Waals surface area contributed by atoms with Gasteiger partial charge < -0.3 is 89.4 Å². The fourth-order valence-corrected chi connectivity index (χ4v) is 9.28.